The molecular formula is C25H23F4N7O. The molecule has 2 aromatic heterocycles. The van der Waals surface area contributed by atoms with Crippen molar-refractivity contribution in [3.05, 3.63) is 59.2 Å². The van der Waals surface area contributed by atoms with E-state index in [2.05, 4.69) is 15.3 Å². The van der Waals surface area contributed by atoms with Gasteiger partial charge in [-0.2, -0.15) is 18.3 Å². The summed E-state index contributed by atoms with van der Waals surface area (Å²) in [5, 5.41) is 7.67. The number of nitrogens with two attached hydrogens (primary N) is 1. The average Bonchev–Trinajstić information content (AvgIpc) is 3.43. The summed E-state index contributed by atoms with van der Waals surface area (Å²) >= 11 is 0. The number of halogens is 4. The van der Waals surface area contributed by atoms with Crippen molar-refractivity contribution in [3.8, 4) is 11.3 Å². The van der Waals surface area contributed by atoms with Gasteiger partial charge in [-0.15, -0.1) is 0 Å². The number of alkyl halides is 3. The van der Waals surface area contributed by atoms with Gasteiger partial charge in [-0.05, 0) is 62.6 Å². The fraction of sp³-hybridized carbons (Fsp3) is 0.280. The molecule has 8 nitrogen and oxygen atoms in total. The minimum absolute atomic E-state index is 0.0238. The molecule has 3 N–H and O–H groups in total. The van der Waals surface area contributed by atoms with Crippen LogP contribution in [0.1, 0.15) is 36.6 Å². The molecule has 0 fully saturated rings. The second-order valence-electron chi connectivity index (χ2n) is 9.10. The van der Waals surface area contributed by atoms with Crippen molar-refractivity contribution in [3.63, 3.8) is 0 Å². The van der Waals surface area contributed by atoms with Crippen molar-refractivity contribution in [1.29, 1.82) is 0 Å². The van der Waals surface area contributed by atoms with Crippen LogP contribution in [0, 0.1) is 12.7 Å². The lowest BCUT2D eigenvalue weighted by Crippen LogP contribution is -2.33. The molecule has 4 aromatic rings. The normalized spacial score (nSPS) is 13.5. The van der Waals surface area contributed by atoms with Gasteiger partial charge in [0.15, 0.2) is 5.65 Å². The van der Waals surface area contributed by atoms with E-state index in [1.54, 1.807) is 10.7 Å². The number of benzene rings is 2. The molecule has 0 saturated carbocycles. The summed E-state index contributed by atoms with van der Waals surface area (Å²) in [7, 11) is 0. The fourth-order valence-corrected chi connectivity index (χ4v) is 4.65. The van der Waals surface area contributed by atoms with E-state index in [1.165, 1.54) is 11.2 Å². The molecule has 0 saturated heterocycles. The highest BCUT2D eigenvalue weighted by Crippen LogP contribution is 2.40. The van der Waals surface area contributed by atoms with Crippen molar-refractivity contribution < 1.29 is 22.4 Å². The number of anilines is 3. The van der Waals surface area contributed by atoms with E-state index in [-0.39, 0.29) is 12.6 Å². The molecule has 5 rings (SSSR count). The maximum atomic E-state index is 14.2. The Morgan fingerprint density at radius 2 is 1.92 bits per heavy atom. The summed E-state index contributed by atoms with van der Waals surface area (Å²) < 4.78 is 55.1. The number of fused-ring (bicyclic) bond motifs is 2. The third-order valence-electron chi connectivity index (χ3n) is 6.49. The molecule has 2 aromatic carbocycles. The summed E-state index contributed by atoms with van der Waals surface area (Å²) in [5.74, 6) is -0.657. The molecular weight excluding hydrogens is 490 g/mol. The molecule has 0 radical (unpaired) electrons. The first-order valence-electron chi connectivity index (χ1n) is 11.5. The molecule has 37 heavy (non-hydrogen) atoms. The van der Waals surface area contributed by atoms with Gasteiger partial charge >= 0.3 is 12.2 Å². The molecule has 0 atom stereocenters. The molecule has 0 spiro atoms. The molecule has 1 aliphatic heterocycles. The van der Waals surface area contributed by atoms with Crippen molar-refractivity contribution in [2.24, 2.45) is 0 Å². The summed E-state index contributed by atoms with van der Waals surface area (Å²) in [5.41, 5.74) is 8.97. The number of rotatable bonds is 3. The molecule has 0 bridgehead atoms. The Bertz CT molecular complexity index is 1540. The number of carbonyl (C=O) groups is 1. The van der Waals surface area contributed by atoms with Crippen LogP contribution in [0.25, 0.3) is 22.3 Å². The van der Waals surface area contributed by atoms with Crippen molar-refractivity contribution >= 4 is 34.3 Å². The number of hydrogen-bond acceptors (Lipinski definition) is 5. The highest BCUT2D eigenvalue weighted by Gasteiger charge is 2.33. The lowest BCUT2D eigenvalue weighted by atomic mass is 9.97. The van der Waals surface area contributed by atoms with E-state index < -0.39 is 29.3 Å². The van der Waals surface area contributed by atoms with Gasteiger partial charge in [-0.1, -0.05) is 6.07 Å². The third kappa shape index (κ3) is 4.11. The minimum atomic E-state index is -4.66. The van der Waals surface area contributed by atoms with Crippen molar-refractivity contribution in [2.75, 3.05) is 22.5 Å². The lowest BCUT2D eigenvalue weighted by molar-refractivity contribution is -0.137. The largest absolute Gasteiger partial charge is 0.416 e. The van der Waals surface area contributed by atoms with Crippen molar-refractivity contribution in [1.82, 2.24) is 19.7 Å². The van der Waals surface area contributed by atoms with E-state index >= 15 is 0 Å². The van der Waals surface area contributed by atoms with Crippen LogP contribution in [-0.2, 0) is 12.6 Å². The van der Waals surface area contributed by atoms with E-state index in [0.717, 1.165) is 16.7 Å². The molecule has 12 heteroatoms. The SMILES string of the molecule is Cc1c(-c2nn(C(C)C)c3ncnc(N)c23)ccc2c1CCN2C(=O)Nc1cc(C(F)(F)F)ccc1F. The number of hydrogen-bond donors (Lipinski definition) is 2. The topological polar surface area (TPSA) is 102 Å². The van der Waals surface area contributed by atoms with E-state index in [1.807, 2.05) is 26.8 Å². The summed E-state index contributed by atoms with van der Waals surface area (Å²) in [6, 6.07) is 4.75. The number of nitrogens with one attached hydrogen (secondary N) is 1. The van der Waals surface area contributed by atoms with Crippen LogP contribution >= 0.6 is 0 Å². The lowest BCUT2D eigenvalue weighted by Gasteiger charge is -2.20. The minimum Gasteiger partial charge on any atom is -0.383 e. The maximum absolute atomic E-state index is 14.2. The number of nitrogen functional groups attached to an aromatic ring is 1. The van der Waals surface area contributed by atoms with Crippen LogP contribution in [0.3, 0.4) is 0 Å². The fourth-order valence-electron chi connectivity index (χ4n) is 4.65. The maximum Gasteiger partial charge on any atom is 0.416 e. The van der Waals surface area contributed by atoms with Crippen LogP contribution < -0.4 is 16.0 Å². The van der Waals surface area contributed by atoms with Crippen LogP contribution in [-0.4, -0.2) is 32.3 Å². The smallest absolute Gasteiger partial charge is 0.383 e. The Balaban J connectivity index is 1.50. The van der Waals surface area contributed by atoms with Gasteiger partial charge in [0.25, 0.3) is 0 Å². The monoisotopic (exact) mass is 513 g/mol. The predicted molar refractivity (Wildman–Crippen MR) is 132 cm³/mol. The Morgan fingerprint density at radius 1 is 1.16 bits per heavy atom. The Kier molecular flexibility index (Phi) is 5.76. The number of amides is 2. The first kappa shape index (κ1) is 24.5. The number of nitrogens with zero attached hydrogens (tertiary/aromatic N) is 5. The first-order chi connectivity index (χ1) is 17.5. The van der Waals surface area contributed by atoms with Gasteiger partial charge in [0.2, 0.25) is 0 Å². The van der Waals surface area contributed by atoms with Crippen molar-refractivity contribution in [2.45, 2.75) is 39.4 Å². The zero-order valence-electron chi connectivity index (χ0n) is 20.2. The summed E-state index contributed by atoms with van der Waals surface area (Å²) in [6.45, 7) is 6.14. The second-order valence-corrected chi connectivity index (χ2v) is 9.10. The molecule has 0 unspecified atom stereocenters. The summed E-state index contributed by atoms with van der Waals surface area (Å²) in [4.78, 5) is 22.8. The number of aromatic nitrogens is 4. The predicted octanol–water partition coefficient (Wildman–Crippen LogP) is 5.72. The number of carbonyl (C=O) groups excluding carboxylic acids is 1. The molecule has 2 amide bonds. The Morgan fingerprint density at radius 3 is 2.62 bits per heavy atom. The van der Waals surface area contributed by atoms with Gasteiger partial charge in [0.05, 0.1) is 16.6 Å². The standard InChI is InChI=1S/C25H23F4N7O/c1-12(2)36-23-20(22(30)31-11-32-23)21(34-36)16-5-7-19-15(13(16)3)8-9-35(19)24(37)33-18-10-14(25(27,28)29)4-6-17(18)26/h4-7,10-12H,8-9H2,1-3H3,(H,33,37)(H2,30,31,32). The second kappa shape index (κ2) is 8.71. The van der Waals surface area contributed by atoms with Crippen LogP contribution in [0.5, 0.6) is 0 Å². The zero-order valence-corrected chi connectivity index (χ0v) is 20.2. The van der Waals surface area contributed by atoms with E-state index in [4.69, 9.17) is 10.8 Å². The quantitative estimate of drug-likeness (QED) is 0.341. The highest BCUT2D eigenvalue weighted by molar-refractivity contribution is 6.04. The van der Waals surface area contributed by atoms with Gasteiger partial charge in [0, 0.05) is 23.8 Å². The van der Waals surface area contributed by atoms with E-state index in [0.29, 0.717) is 52.9 Å². The zero-order chi connectivity index (χ0) is 26.6. The van der Waals surface area contributed by atoms with Gasteiger partial charge in [-0.25, -0.2) is 23.8 Å². The third-order valence-corrected chi connectivity index (χ3v) is 6.49. The van der Waals surface area contributed by atoms with Gasteiger partial charge in [-0.3, -0.25) is 4.90 Å². The van der Waals surface area contributed by atoms with E-state index in [9.17, 15) is 22.4 Å². The van der Waals surface area contributed by atoms with Crippen LogP contribution in [0.15, 0.2) is 36.7 Å². The summed E-state index contributed by atoms with van der Waals surface area (Å²) in [6.07, 6.45) is -2.77. The highest BCUT2D eigenvalue weighted by atomic mass is 19.4. The van der Waals surface area contributed by atoms with Gasteiger partial charge < -0.3 is 11.1 Å². The number of urea groups is 1. The molecule has 3 heterocycles. The average molecular weight is 513 g/mol. The molecule has 0 aliphatic carbocycles. The van der Waals surface area contributed by atoms with Crippen LogP contribution in [0.2, 0.25) is 0 Å². The van der Waals surface area contributed by atoms with Crippen LogP contribution in [0.4, 0.5) is 39.5 Å². The van der Waals surface area contributed by atoms with Gasteiger partial charge in [0.1, 0.15) is 23.7 Å². The Labute approximate surface area is 209 Å². The molecule has 192 valence electrons. The Hall–Kier alpha value is -4.22. The first-order valence-corrected chi connectivity index (χ1v) is 11.5. The molecule has 1 aliphatic rings.